The zero-order valence-corrected chi connectivity index (χ0v) is 21.6. The summed E-state index contributed by atoms with van der Waals surface area (Å²) in [6, 6.07) is 2.22. The van der Waals surface area contributed by atoms with Crippen LogP contribution in [0.5, 0.6) is 0 Å². The number of likely N-dealkylation sites (N-methyl/N-ethyl adjacent to an activating group) is 1. The maximum atomic E-state index is 13.4. The lowest BCUT2D eigenvalue weighted by molar-refractivity contribution is -0.143. The molecule has 0 aliphatic carbocycles. The van der Waals surface area contributed by atoms with Gasteiger partial charge in [0.25, 0.3) is 0 Å². The fraction of sp³-hybridized carbons (Fsp3) is 0.478. The number of carbonyl (C=O) groups is 1. The lowest BCUT2D eigenvalue weighted by Crippen LogP contribution is -2.42. The van der Waals surface area contributed by atoms with E-state index in [1.54, 1.807) is 11.0 Å². The first-order valence-electron chi connectivity index (χ1n) is 10.8. The molecule has 2 N–H and O–H groups in total. The molecule has 2 atom stereocenters. The highest BCUT2D eigenvalue weighted by molar-refractivity contribution is 14.1. The molecule has 198 valence electrons. The predicted octanol–water partition coefficient (Wildman–Crippen LogP) is 4.60. The first-order valence-corrected chi connectivity index (χ1v) is 11.9. The molecule has 2 heterocycles. The molecule has 0 saturated carbocycles. The lowest BCUT2D eigenvalue weighted by Gasteiger charge is -2.32. The van der Waals surface area contributed by atoms with Crippen molar-refractivity contribution in [3.63, 3.8) is 0 Å². The summed E-state index contributed by atoms with van der Waals surface area (Å²) in [5.41, 5.74) is -4.89. The maximum Gasteiger partial charge on any atom is 0.416 e. The first kappa shape index (κ1) is 28.4. The molecule has 13 heteroatoms. The van der Waals surface area contributed by atoms with Crippen molar-refractivity contribution in [2.75, 3.05) is 30.0 Å². The van der Waals surface area contributed by atoms with E-state index in [0.29, 0.717) is 40.2 Å². The van der Waals surface area contributed by atoms with Crippen LogP contribution in [0.3, 0.4) is 0 Å². The van der Waals surface area contributed by atoms with Crippen LogP contribution in [0.15, 0.2) is 30.5 Å². The molecule has 36 heavy (non-hydrogen) atoms. The molecule has 0 radical (unpaired) electrons. The van der Waals surface area contributed by atoms with E-state index in [1.165, 1.54) is 27.1 Å². The second-order valence-corrected chi connectivity index (χ2v) is 10.2. The fourth-order valence-corrected chi connectivity index (χ4v) is 4.91. The number of hydrogen-bond acceptors (Lipinski definition) is 5. The normalized spacial score (nSPS) is 19.1. The topological polar surface area (TPSA) is 76.9 Å². The van der Waals surface area contributed by atoms with E-state index >= 15 is 0 Å². The van der Waals surface area contributed by atoms with E-state index in [-0.39, 0.29) is 12.7 Å². The van der Waals surface area contributed by atoms with Gasteiger partial charge in [0, 0.05) is 17.2 Å². The molecule has 1 aromatic heterocycles. The van der Waals surface area contributed by atoms with Crippen LogP contribution in [-0.4, -0.2) is 53.4 Å². The number of nitrogens with zero attached hydrogens (tertiary/aromatic N) is 3. The summed E-state index contributed by atoms with van der Waals surface area (Å²) < 4.78 is 80.6. The Morgan fingerprint density at radius 2 is 1.61 bits per heavy atom. The van der Waals surface area contributed by atoms with Gasteiger partial charge in [0.05, 0.1) is 47.2 Å². The average Bonchev–Trinajstić information content (AvgIpc) is 3.16. The Labute approximate surface area is 217 Å². The molecular formula is C23H24F6IN3O3. The number of alkyl halides is 6. The van der Waals surface area contributed by atoms with Gasteiger partial charge < -0.3 is 20.0 Å². The largest absolute Gasteiger partial charge is 0.416 e. The maximum absolute atomic E-state index is 13.4. The number of hydrogen-bond donors (Lipinski definition) is 2. The van der Waals surface area contributed by atoms with Crippen LogP contribution in [0.2, 0.25) is 0 Å². The Morgan fingerprint density at radius 3 is 2.08 bits per heavy atom. The molecule has 3 rings (SSSR count). The van der Waals surface area contributed by atoms with Crippen LogP contribution in [0, 0.1) is 3.57 Å². The lowest BCUT2D eigenvalue weighted by atomic mass is 9.81. The zero-order valence-electron chi connectivity index (χ0n) is 19.5. The molecule has 1 saturated heterocycles. The van der Waals surface area contributed by atoms with Gasteiger partial charge >= 0.3 is 12.4 Å². The van der Waals surface area contributed by atoms with Gasteiger partial charge in [-0.2, -0.15) is 26.3 Å². The van der Waals surface area contributed by atoms with E-state index in [0.717, 1.165) is 4.90 Å². The van der Waals surface area contributed by atoms with Crippen molar-refractivity contribution in [3.8, 4) is 0 Å². The number of rotatable bonds is 5. The standard InChI is InChI=1S/C23H24F6IN3O3/c1-21(2,12-6-13(22(24,25)26)8-14(7-12)23(27,28)29)20(36)32(3)16-10-31-19(9-15(16)30)33-5-4-18(35)17(33)11-34/h6-10,17-18,34-35H,4-5,11H2,1-3H3. The average molecular weight is 631 g/mol. The predicted molar refractivity (Wildman–Crippen MR) is 129 cm³/mol. The van der Waals surface area contributed by atoms with Crippen LogP contribution < -0.4 is 9.80 Å². The Bertz CT molecular complexity index is 1110. The number of pyridine rings is 1. The minimum Gasteiger partial charge on any atom is -0.394 e. The van der Waals surface area contributed by atoms with Crippen molar-refractivity contribution in [2.24, 2.45) is 0 Å². The van der Waals surface area contributed by atoms with Crippen LogP contribution >= 0.6 is 22.6 Å². The zero-order chi connectivity index (χ0) is 27.2. The number of benzene rings is 1. The highest BCUT2D eigenvalue weighted by Crippen LogP contribution is 2.40. The van der Waals surface area contributed by atoms with Crippen molar-refractivity contribution < 1.29 is 41.4 Å². The van der Waals surface area contributed by atoms with E-state index in [9.17, 15) is 41.4 Å². The number of carbonyl (C=O) groups excluding carboxylic acids is 1. The van der Waals surface area contributed by atoms with E-state index in [2.05, 4.69) is 4.98 Å². The molecule has 0 spiro atoms. The van der Waals surface area contributed by atoms with Gasteiger partial charge in [0.2, 0.25) is 5.91 Å². The molecule has 6 nitrogen and oxygen atoms in total. The number of aromatic nitrogens is 1. The van der Waals surface area contributed by atoms with Gasteiger partial charge in [-0.15, -0.1) is 0 Å². The van der Waals surface area contributed by atoms with Crippen LogP contribution in [-0.2, 0) is 22.6 Å². The molecular weight excluding hydrogens is 607 g/mol. The molecule has 1 amide bonds. The summed E-state index contributed by atoms with van der Waals surface area (Å²) in [6.07, 6.45) is -9.00. The number of aliphatic hydroxyl groups is 2. The van der Waals surface area contributed by atoms with Crippen LogP contribution in [0.4, 0.5) is 37.8 Å². The molecule has 2 aromatic rings. The third-order valence-electron chi connectivity index (χ3n) is 6.32. The summed E-state index contributed by atoms with van der Waals surface area (Å²) in [5, 5.41) is 19.6. The Balaban J connectivity index is 1.96. The minimum atomic E-state index is -5.04. The fourth-order valence-electron chi connectivity index (χ4n) is 4.13. The Hall–Kier alpha value is -2.13. The highest BCUT2D eigenvalue weighted by atomic mass is 127. The van der Waals surface area contributed by atoms with Crippen LogP contribution in [0.25, 0.3) is 0 Å². The van der Waals surface area contributed by atoms with Gasteiger partial charge in [-0.05, 0) is 72.7 Å². The second kappa shape index (κ2) is 9.97. The van der Waals surface area contributed by atoms with Crippen molar-refractivity contribution in [2.45, 2.75) is 50.2 Å². The quantitative estimate of drug-likeness (QED) is 0.373. The number of amides is 1. The van der Waals surface area contributed by atoms with Gasteiger partial charge in [0.15, 0.2) is 0 Å². The Morgan fingerprint density at radius 1 is 1.08 bits per heavy atom. The van der Waals surface area contributed by atoms with E-state index in [1.807, 2.05) is 22.6 Å². The molecule has 1 aliphatic heterocycles. The number of aliphatic hydroxyl groups excluding tert-OH is 2. The van der Waals surface area contributed by atoms with Gasteiger partial charge in [0.1, 0.15) is 5.82 Å². The summed E-state index contributed by atoms with van der Waals surface area (Å²) >= 11 is 1.94. The van der Waals surface area contributed by atoms with Crippen molar-refractivity contribution >= 4 is 40.0 Å². The summed E-state index contributed by atoms with van der Waals surface area (Å²) in [7, 11) is 1.36. The number of anilines is 2. The van der Waals surface area contributed by atoms with Gasteiger partial charge in [-0.1, -0.05) is 0 Å². The molecule has 1 fully saturated rings. The third kappa shape index (κ3) is 5.57. The monoisotopic (exact) mass is 631 g/mol. The van der Waals surface area contributed by atoms with E-state index < -0.39 is 52.5 Å². The molecule has 0 bridgehead atoms. The summed E-state index contributed by atoms with van der Waals surface area (Å²) in [6.45, 7) is 2.68. The minimum absolute atomic E-state index is 0.0221. The summed E-state index contributed by atoms with van der Waals surface area (Å²) in [5.74, 6) is -0.293. The molecule has 2 unspecified atom stereocenters. The highest BCUT2D eigenvalue weighted by Gasteiger charge is 2.41. The summed E-state index contributed by atoms with van der Waals surface area (Å²) in [4.78, 5) is 20.6. The van der Waals surface area contributed by atoms with Crippen molar-refractivity contribution in [3.05, 3.63) is 50.7 Å². The van der Waals surface area contributed by atoms with Crippen molar-refractivity contribution in [1.82, 2.24) is 4.98 Å². The molecule has 1 aliphatic rings. The third-order valence-corrected chi connectivity index (χ3v) is 7.19. The smallest absolute Gasteiger partial charge is 0.394 e. The van der Waals surface area contributed by atoms with E-state index in [4.69, 9.17) is 0 Å². The first-order chi connectivity index (χ1) is 16.5. The van der Waals surface area contributed by atoms with Gasteiger partial charge in [-0.3, -0.25) is 4.79 Å². The van der Waals surface area contributed by atoms with Crippen molar-refractivity contribution in [1.29, 1.82) is 0 Å². The SMILES string of the molecule is CN(C(=O)C(C)(C)c1cc(C(F)(F)F)cc(C(F)(F)F)c1)c1cnc(N2CCC(O)C2CO)cc1I. The van der Waals surface area contributed by atoms with Crippen LogP contribution in [0.1, 0.15) is 37.0 Å². The Kier molecular flexibility index (Phi) is 7.88. The molecule has 1 aromatic carbocycles. The number of halogens is 7. The second-order valence-electron chi connectivity index (χ2n) is 9.08. The van der Waals surface area contributed by atoms with Gasteiger partial charge in [-0.25, -0.2) is 4.98 Å².